The van der Waals surface area contributed by atoms with Crippen LogP contribution in [0.2, 0.25) is 0 Å². The molecule has 1 saturated heterocycles. The summed E-state index contributed by atoms with van der Waals surface area (Å²) in [5.41, 5.74) is 1.38. The number of benzene rings is 1. The molecule has 22 heavy (non-hydrogen) atoms. The molecule has 1 aromatic rings. The van der Waals surface area contributed by atoms with Crippen LogP contribution in [0.25, 0.3) is 0 Å². The molecule has 5 heteroatoms. The molecule has 0 atom stereocenters. The van der Waals surface area contributed by atoms with E-state index in [1.165, 1.54) is 19.3 Å². The number of nitrogens with one attached hydrogen (secondary N) is 2. The van der Waals surface area contributed by atoms with E-state index in [4.69, 9.17) is 0 Å². The Hall–Kier alpha value is -1.88. The maximum absolute atomic E-state index is 12.0. The number of nitrogens with zero attached hydrogens (tertiary/aromatic N) is 1. The van der Waals surface area contributed by atoms with Crippen LogP contribution in [0.5, 0.6) is 0 Å². The van der Waals surface area contributed by atoms with Gasteiger partial charge in [0.15, 0.2) is 0 Å². The third-order valence-electron chi connectivity index (χ3n) is 4.16. The maximum Gasteiger partial charge on any atom is 0.251 e. The largest absolute Gasteiger partial charge is 0.349 e. The first-order valence-electron chi connectivity index (χ1n) is 8.14. The fourth-order valence-corrected chi connectivity index (χ4v) is 2.72. The van der Waals surface area contributed by atoms with Crippen molar-refractivity contribution in [1.29, 1.82) is 0 Å². The van der Waals surface area contributed by atoms with Crippen LogP contribution in [-0.4, -0.2) is 42.4 Å². The van der Waals surface area contributed by atoms with Crippen molar-refractivity contribution in [2.24, 2.45) is 0 Å². The smallest absolute Gasteiger partial charge is 0.251 e. The molecule has 118 valence electrons. The highest BCUT2D eigenvalue weighted by Gasteiger charge is 2.23. The number of carbonyl (C=O) groups is 2. The van der Waals surface area contributed by atoms with Crippen molar-refractivity contribution < 1.29 is 9.59 Å². The Labute approximate surface area is 131 Å². The Bertz CT molecular complexity index is 531. The minimum atomic E-state index is -0.0336. The lowest BCUT2D eigenvalue weighted by Crippen LogP contribution is -2.36. The minimum absolute atomic E-state index is 0.0112. The second-order valence-corrected chi connectivity index (χ2v) is 6.21. The molecule has 1 aliphatic carbocycles. The SMILES string of the molecule is O=C(CN1CCCCC1)Nc1ccc(C(=O)NC2CC2)cc1. The predicted octanol–water partition coefficient (Wildman–Crippen LogP) is 2.00. The molecule has 1 aromatic carbocycles. The molecule has 1 heterocycles. The second kappa shape index (κ2) is 6.92. The van der Waals surface area contributed by atoms with Crippen LogP contribution in [0.1, 0.15) is 42.5 Å². The molecule has 2 amide bonds. The zero-order valence-electron chi connectivity index (χ0n) is 12.8. The van der Waals surface area contributed by atoms with E-state index in [-0.39, 0.29) is 11.8 Å². The van der Waals surface area contributed by atoms with Crippen molar-refractivity contribution in [2.75, 3.05) is 25.0 Å². The van der Waals surface area contributed by atoms with E-state index < -0.39 is 0 Å². The lowest BCUT2D eigenvalue weighted by Gasteiger charge is -2.25. The number of hydrogen-bond acceptors (Lipinski definition) is 3. The highest BCUT2D eigenvalue weighted by Crippen LogP contribution is 2.19. The molecular weight excluding hydrogens is 278 g/mol. The van der Waals surface area contributed by atoms with Gasteiger partial charge in [0.2, 0.25) is 5.91 Å². The summed E-state index contributed by atoms with van der Waals surface area (Å²) in [6, 6.07) is 7.45. The van der Waals surface area contributed by atoms with Crippen LogP contribution in [0.3, 0.4) is 0 Å². The van der Waals surface area contributed by atoms with E-state index in [0.717, 1.165) is 31.6 Å². The summed E-state index contributed by atoms with van der Waals surface area (Å²) in [4.78, 5) is 26.1. The number of carbonyl (C=O) groups excluding carboxylic acids is 2. The summed E-state index contributed by atoms with van der Waals surface area (Å²) in [6.07, 6.45) is 5.78. The highest BCUT2D eigenvalue weighted by molar-refractivity contribution is 5.96. The molecule has 1 saturated carbocycles. The van der Waals surface area contributed by atoms with Gasteiger partial charge in [0.1, 0.15) is 0 Å². The van der Waals surface area contributed by atoms with Crippen molar-refractivity contribution >= 4 is 17.5 Å². The normalized spacial score (nSPS) is 18.7. The molecule has 0 radical (unpaired) electrons. The Morgan fingerprint density at radius 2 is 1.73 bits per heavy atom. The van der Waals surface area contributed by atoms with Gasteiger partial charge in [-0.05, 0) is 63.0 Å². The number of anilines is 1. The number of piperidine rings is 1. The van der Waals surface area contributed by atoms with Gasteiger partial charge < -0.3 is 10.6 Å². The monoisotopic (exact) mass is 301 g/mol. The lowest BCUT2D eigenvalue weighted by atomic mass is 10.1. The summed E-state index contributed by atoms with van der Waals surface area (Å²) in [7, 11) is 0. The molecule has 0 unspecified atom stereocenters. The Balaban J connectivity index is 1.49. The van der Waals surface area contributed by atoms with Crippen LogP contribution in [0, 0.1) is 0 Å². The fraction of sp³-hybridized carbons (Fsp3) is 0.529. The second-order valence-electron chi connectivity index (χ2n) is 6.21. The minimum Gasteiger partial charge on any atom is -0.349 e. The predicted molar refractivity (Wildman–Crippen MR) is 85.9 cm³/mol. The van der Waals surface area contributed by atoms with Crippen LogP contribution >= 0.6 is 0 Å². The van der Waals surface area contributed by atoms with Gasteiger partial charge >= 0.3 is 0 Å². The first-order valence-corrected chi connectivity index (χ1v) is 8.14. The fourth-order valence-electron chi connectivity index (χ4n) is 2.72. The standard InChI is InChI=1S/C17H23N3O2/c21-16(12-20-10-2-1-3-11-20)18-14-6-4-13(5-7-14)17(22)19-15-8-9-15/h4-7,15H,1-3,8-12H2,(H,18,21)(H,19,22). The zero-order chi connectivity index (χ0) is 15.4. The number of amides is 2. The topological polar surface area (TPSA) is 61.4 Å². The molecule has 2 fully saturated rings. The number of hydrogen-bond donors (Lipinski definition) is 2. The lowest BCUT2D eigenvalue weighted by molar-refractivity contribution is -0.117. The van der Waals surface area contributed by atoms with Crippen LogP contribution in [0.4, 0.5) is 5.69 Å². The van der Waals surface area contributed by atoms with Gasteiger partial charge in [0.05, 0.1) is 6.54 Å². The molecule has 2 aliphatic rings. The van der Waals surface area contributed by atoms with Gasteiger partial charge in [0.25, 0.3) is 5.91 Å². The van der Waals surface area contributed by atoms with E-state index in [1.54, 1.807) is 24.3 Å². The Morgan fingerprint density at radius 1 is 1.05 bits per heavy atom. The third kappa shape index (κ3) is 4.31. The van der Waals surface area contributed by atoms with Gasteiger partial charge in [0, 0.05) is 17.3 Å². The molecule has 0 bridgehead atoms. The van der Waals surface area contributed by atoms with Gasteiger partial charge in [-0.25, -0.2) is 0 Å². The molecule has 2 N–H and O–H groups in total. The van der Waals surface area contributed by atoms with E-state index >= 15 is 0 Å². The summed E-state index contributed by atoms with van der Waals surface area (Å²) in [5.74, 6) is -0.0224. The molecule has 5 nitrogen and oxygen atoms in total. The Kier molecular flexibility index (Phi) is 4.73. The Morgan fingerprint density at radius 3 is 2.36 bits per heavy atom. The van der Waals surface area contributed by atoms with Gasteiger partial charge in [-0.2, -0.15) is 0 Å². The first kappa shape index (κ1) is 15.0. The number of likely N-dealkylation sites (tertiary alicyclic amines) is 1. The molecule has 0 spiro atoms. The average molecular weight is 301 g/mol. The summed E-state index contributed by atoms with van der Waals surface area (Å²) in [5, 5.41) is 5.85. The van der Waals surface area contributed by atoms with E-state index in [2.05, 4.69) is 15.5 Å². The van der Waals surface area contributed by atoms with Crippen molar-refractivity contribution in [3.05, 3.63) is 29.8 Å². The maximum atomic E-state index is 12.0. The average Bonchev–Trinajstić information content (AvgIpc) is 3.33. The third-order valence-corrected chi connectivity index (χ3v) is 4.16. The number of rotatable bonds is 5. The van der Waals surface area contributed by atoms with Crippen molar-refractivity contribution in [1.82, 2.24) is 10.2 Å². The molecule has 1 aliphatic heterocycles. The summed E-state index contributed by atoms with van der Waals surface area (Å²) in [6.45, 7) is 2.46. The van der Waals surface area contributed by atoms with Crippen molar-refractivity contribution in [3.63, 3.8) is 0 Å². The van der Waals surface area contributed by atoms with Crippen molar-refractivity contribution in [3.8, 4) is 0 Å². The van der Waals surface area contributed by atoms with Gasteiger partial charge in [-0.3, -0.25) is 14.5 Å². The van der Waals surface area contributed by atoms with E-state index in [9.17, 15) is 9.59 Å². The molecule has 3 rings (SSSR count). The van der Waals surface area contributed by atoms with Gasteiger partial charge in [-0.1, -0.05) is 6.42 Å². The highest BCUT2D eigenvalue weighted by atomic mass is 16.2. The van der Waals surface area contributed by atoms with E-state index in [0.29, 0.717) is 18.2 Å². The quantitative estimate of drug-likeness (QED) is 0.874. The van der Waals surface area contributed by atoms with Crippen LogP contribution < -0.4 is 10.6 Å². The van der Waals surface area contributed by atoms with Crippen LogP contribution in [0.15, 0.2) is 24.3 Å². The van der Waals surface area contributed by atoms with Crippen LogP contribution in [-0.2, 0) is 4.79 Å². The molecular formula is C17H23N3O2. The van der Waals surface area contributed by atoms with Crippen molar-refractivity contribution in [2.45, 2.75) is 38.1 Å². The van der Waals surface area contributed by atoms with E-state index in [1.807, 2.05) is 0 Å². The van der Waals surface area contributed by atoms with Gasteiger partial charge in [-0.15, -0.1) is 0 Å². The summed E-state index contributed by atoms with van der Waals surface area (Å²) >= 11 is 0. The summed E-state index contributed by atoms with van der Waals surface area (Å²) < 4.78 is 0. The molecule has 0 aromatic heterocycles. The first-order chi connectivity index (χ1) is 10.7. The zero-order valence-corrected chi connectivity index (χ0v) is 12.8.